The lowest BCUT2D eigenvalue weighted by Gasteiger charge is -2.21. The van der Waals surface area contributed by atoms with E-state index in [9.17, 15) is 4.39 Å². The number of benzene rings is 1. The lowest BCUT2D eigenvalue weighted by molar-refractivity contribution is 0.182. The second-order valence-electron chi connectivity index (χ2n) is 4.64. The first-order valence-corrected chi connectivity index (χ1v) is 7.65. The smallest absolute Gasteiger partial charge is 0.123 e. The monoisotopic (exact) mass is 355 g/mol. The van der Waals surface area contributed by atoms with Crippen molar-refractivity contribution in [2.45, 2.75) is 19.5 Å². The van der Waals surface area contributed by atoms with Crippen LogP contribution in [0.25, 0.3) is 0 Å². The molecule has 1 aromatic heterocycles. The fourth-order valence-corrected chi connectivity index (χ4v) is 2.80. The molecule has 6 heteroatoms. The quantitative estimate of drug-likeness (QED) is 0.829. The Kier molecular flexibility index (Phi) is 5.90. The van der Waals surface area contributed by atoms with Gasteiger partial charge in [-0.3, -0.25) is 4.68 Å². The Morgan fingerprint density at radius 3 is 2.95 bits per heavy atom. The molecule has 0 saturated heterocycles. The highest BCUT2D eigenvalue weighted by Gasteiger charge is 2.21. The van der Waals surface area contributed by atoms with Gasteiger partial charge >= 0.3 is 0 Å². The van der Waals surface area contributed by atoms with Gasteiger partial charge in [0, 0.05) is 7.11 Å². The predicted molar refractivity (Wildman–Crippen MR) is 83.7 cm³/mol. The maximum Gasteiger partial charge on any atom is 0.123 e. The molecule has 0 spiro atoms. The third kappa shape index (κ3) is 3.90. The van der Waals surface area contributed by atoms with Crippen LogP contribution >= 0.6 is 15.9 Å². The largest absolute Gasteiger partial charge is 0.383 e. The lowest BCUT2D eigenvalue weighted by Crippen LogP contribution is -2.26. The zero-order chi connectivity index (χ0) is 15.2. The Morgan fingerprint density at radius 2 is 2.29 bits per heavy atom. The van der Waals surface area contributed by atoms with E-state index in [0.717, 1.165) is 22.3 Å². The van der Waals surface area contributed by atoms with E-state index in [4.69, 9.17) is 4.74 Å². The Bertz CT molecular complexity index is 588. The van der Waals surface area contributed by atoms with E-state index in [-0.39, 0.29) is 11.9 Å². The third-order valence-electron chi connectivity index (χ3n) is 3.20. The van der Waals surface area contributed by atoms with E-state index in [0.29, 0.717) is 13.2 Å². The van der Waals surface area contributed by atoms with Crippen LogP contribution < -0.4 is 5.32 Å². The molecule has 1 heterocycles. The zero-order valence-electron chi connectivity index (χ0n) is 12.1. The van der Waals surface area contributed by atoms with E-state index in [1.807, 2.05) is 17.7 Å². The Balaban J connectivity index is 2.40. The van der Waals surface area contributed by atoms with Gasteiger partial charge in [-0.1, -0.05) is 19.1 Å². The Hall–Kier alpha value is -1.24. The van der Waals surface area contributed by atoms with Crippen molar-refractivity contribution in [2.24, 2.45) is 0 Å². The highest BCUT2D eigenvalue weighted by Crippen LogP contribution is 2.29. The van der Waals surface area contributed by atoms with E-state index in [2.05, 4.69) is 26.3 Å². The molecular formula is C15H19BrFN3O. The average molecular weight is 356 g/mol. The first kappa shape index (κ1) is 16.1. The zero-order valence-corrected chi connectivity index (χ0v) is 13.7. The van der Waals surface area contributed by atoms with Gasteiger partial charge < -0.3 is 10.1 Å². The van der Waals surface area contributed by atoms with E-state index in [1.165, 1.54) is 6.07 Å². The minimum absolute atomic E-state index is 0.126. The van der Waals surface area contributed by atoms with Crippen molar-refractivity contribution in [1.29, 1.82) is 0 Å². The molecule has 114 valence electrons. The van der Waals surface area contributed by atoms with Gasteiger partial charge in [0.05, 0.1) is 35.6 Å². The van der Waals surface area contributed by atoms with Gasteiger partial charge in [-0.2, -0.15) is 5.10 Å². The van der Waals surface area contributed by atoms with Crippen LogP contribution in [0.1, 0.15) is 24.2 Å². The van der Waals surface area contributed by atoms with Crippen LogP contribution in [0.2, 0.25) is 0 Å². The summed E-state index contributed by atoms with van der Waals surface area (Å²) >= 11 is 3.54. The molecule has 21 heavy (non-hydrogen) atoms. The number of hydrogen-bond acceptors (Lipinski definition) is 3. The van der Waals surface area contributed by atoms with Crippen molar-refractivity contribution in [1.82, 2.24) is 15.1 Å². The molecule has 0 saturated carbocycles. The maximum atomic E-state index is 13.5. The molecule has 1 unspecified atom stereocenters. The first-order chi connectivity index (χ1) is 10.2. The number of halogens is 2. The molecule has 0 aliphatic rings. The average Bonchev–Trinajstić information content (AvgIpc) is 2.83. The molecule has 0 amide bonds. The summed E-state index contributed by atoms with van der Waals surface area (Å²) in [7, 11) is 1.66. The summed E-state index contributed by atoms with van der Waals surface area (Å²) in [5.41, 5.74) is 1.84. The van der Waals surface area contributed by atoms with Crippen LogP contribution in [0.5, 0.6) is 0 Å². The number of aromatic nitrogens is 2. The molecule has 0 fully saturated rings. The number of ether oxygens (including phenoxy) is 1. The molecule has 0 aliphatic heterocycles. The second-order valence-corrected chi connectivity index (χ2v) is 5.49. The van der Waals surface area contributed by atoms with Crippen LogP contribution in [0.15, 0.2) is 34.9 Å². The number of nitrogens with one attached hydrogen (secondary N) is 1. The highest BCUT2D eigenvalue weighted by atomic mass is 79.9. The van der Waals surface area contributed by atoms with Crippen molar-refractivity contribution in [2.75, 3.05) is 20.3 Å². The van der Waals surface area contributed by atoms with Crippen molar-refractivity contribution >= 4 is 15.9 Å². The Labute approximate surface area is 132 Å². The van der Waals surface area contributed by atoms with Crippen LogP contribution in [0.3, 0.4) is 0 Å². The number of rotatable bonds is 7. The molecule has 0 radical (unpaired) electrons. The van der Waals surface area contributed by atoms with Gasteiger partial charge in [0.15, 0.2) is 0 Å². The van der Waals surface area contributed by atoms with Gasteiger partial charge in [0.1, 0.15) is 5.82 Å². The summed E-state index contributed by atoms with van der Waals surface area (Å²) in [5.74, 6) is -0.241. The normalized spacial score (nSPS) is 12.6. The Morgan fingerprint density at radius 1 is 1.48 bits per heavy atom. The SMILES string of the molecule is CCNC(c1cccc(F)c1)c1c(Br)cnn1CCOC. The summed E-state index contributed by atoms with van der Waals surface area (Å²) in [5, 5.41) is 7.75. The van der Waals surface area contributed by atoms with Crippen molar-refractivity contribution in [3.63, 3.8) is 0 Å². The molecular weight excluding hydrogens is 337 g/mol. The summed E-state index contributed by atoms with van der Waals surface area (Å²) in [6, 6.07) is 6.51. The summed E-state index contributed by atoms with van der Waals surface area (Å²) in [6.45, 7) is 4.01. The van der Waals surface area contributed by atoms with Gasteiger partial charge in [0.2, 0.25) is 0 Å². The first-order valence-electron chi connectivity index (χ1n) is 6.86. The van der Waals surface area contributed by atoms with Crippen LogP contribution in [-0.2, 0) is 11.3 Å². The van der Waals surface area contributed by atoms with Gasteiger partial charge in [-0.05, 0) is 40.2 Å². The van der Waals surface area contributed by atoms with E-state index >= 15 is 0 Å². The van der Waals surface area contributed by atoms with Gasteiger partial charge in [-0.25, -0.2) is 4.39 Å². The molecule has 0 aliphatic carbocycles. The van der Waals surface area contributed by atoms with Crippen molar-refractivity contribution < 1.29 is 9.13 Å². The molecule has 2 aromatic rings. The fourth-order valence-electron chi connectivity index (χ4n) is 2.28. The van der Waals surface area contributed by atoms with Crippen molar-refractivity contribution in [3.05, 3.63) is 52.0 Å². The summed E-state index contributed by atoms with van der Waals surface area (Å²) in [4.78, 5) is 0. The number of nitrogens with zero attached hydrogens (tertiary/aromatic N) is 2. The molecule has 1 aromatic carbocycles. The highest BCUT2D eigenvalue weighted by molar-refractivity contribution is 9.10. The van der Waals surface area contributed by atoms with E-state index in [1.54, 1.807) is 25.4 Å². The number of hydrogen-bond donors (Lipinski definition) is 1. The molecule has 2 rings (SSSR count). The van der Waals surface area contributed by atoms with Crippen LogP contribution in [0.4, 0.5) is 4.39 Å². The third-order valence-corrected chi connectivity index (χ3v) is 3.82. The minimum atomic E-state index is -0.241. The van der Waals surface area contributed by atoms with Gasteiger partial charge in [-0.15, -0.1) is 0 Å². The molecule has 1 atom stereocenters. The number of methoxy groups -OCH3 is 1. The standard InChI is InChI=1S/C15H19BrFN3O/c1-3-18-14(11-5-4-6-12(17)9-11)15-13(16)10-19-20(15)7-8-21-2/h4-6,9-10,14,18H,3,7-8H2,1-2H3. The molecule has 0 bridgehead atoms. The predicted octanol–water partition coefficient (Wildman–Crippen LogP) is 3.13. The van der Waals surface area contributed by atoms with Crippen LogP contribution in [-0.4, -0.2) is 30.0 Å². The van der Waals surface area contributed by atoms with E-state index < -0.39 is 0 Å². The fraction of sp³-hybridized carbons (Fsp3) is 0.400. The van der Waals surface area contributed by atoms with Gasteiger partial charge in [0.25, 0.3) is 0 Å². The minimum Gasteiger partial charge on any atom is -0.383 e. The van der Waals surface area contributed by atoms with Crippen LogP contribution in [0, 0.1) is 5.82 Å². The second kappa shape index (κ2) is 7.68. The summed E-state index contributed by atoms with van der Waals surface area (Å²) in [6.07, 6.45) is 1.76. The molecule has 1 N–H and O–H groups in total. The lowest BCUT2D eigenvalue weighted by atomic mass is 10.0. The maximum absolute atomic E-state index is 13.5. The van der Waals surface area contributed by atoms with Crippen molar-refractivity contribution in [3.8, 4) is 0 Å². The topological polar surface area (TPSA) is 39.1 Å². The summed E-state index contributed by atoms with van der Waals surface area (Å²) < 4.78 is 21.4. The molecule has 4 nitrogen and oxygen atoms in total.